The molecule has 0 amide bonds. The second-order valence-electron chi connectivity index (χ2n) is 7.52. The maximum absolute atomic E-state index is 12.6. The quantitative estimate of drug-likeness (QED) is 0.212. The van der Waals surface area contributed by atoms with Crippen LogP contribution in [0.1, 0.15) is 35.7 Å². The minimum absolute atomic E-state index is 0.0734. The molecule has 9 heteroatoms. The van der Waals surface area contributed by atoms with Crippen LogP contribution in [0, 0.1) is 0 Å². The molecule has 0 atom stereocenters. The predicted octanol–water partition coefficient (Wildman–Crippen LogP) is 8.14. The second-order valence-corrected chi connectivity index (χ2v) is 10.8. The van der Waals surface area contributed by atoms with Crippen LogP contribution in [0.5, 0.6) is 5.75 Å². The van der Waals surface area contributed by atoms with Crippen LogP contribution in [0.2, 0.25) is 0 Å². The molecule has 0 spiro atoms. The molecule has 0 radical (unpaired) electrons. The fourth-order valence-electron chi connectivity index (χ4n) is 3.60. The van der Waals surface area contributed by atoms with Crippen molar-refractivity contribution in [2.45, 2.75) is 19.8 Å². The Morgan fingerprint density at radius 1 is 0.969 bits per heavy atom. The smallest absolute Gasteiger partial charge is 0.336 e. The Labute approximate surface area is 216 Å². The van der Waals surface area contributed by atoms with Crippen molar-refractivity contribution in [1.29, 1.82) is 0 Å². The Hall–Kier alpha value is -1.68. The van der Waals surface area contributed by atoms with Gasteiger partial charge in [0.25, 0.3) is 0 Å². The van der Waals surface area contributed by atoms with Crippen LogP contribution >= 0.6 is 63.7 Å². The zero-order chi connectivity index (χ0) is 23.5. The van der Waals surface area contributed by atoms with Gasteiger partial charge in [-0.1, -0.05) is 26.0 Å². The van der Waals surface area contributed by atoms with E-state index in [1.165, 1.54) is 0 Å². The second kappa shape index (κ2) is 8.59. The van der Waals surface area contributed by atoms with Gasteiger partial charge in [-0.25, -0.2) is 4.79 Å². The number of benzene rings is 3. The SMILES string of the molecule is CC(C)c1ccc(-c2c3cc(Br)c(=O)c(Br)c-3oc3c(Br)c(O)c(Br)cc23)c(C(=O)O)c1. The number of hydrogen-bond acceptors (Lipinski definition) is 4. The summed E-state index contributed by atoms with van der Waals surface area (Å²) < 4.78 is 7.24. The highest BCUT2D eigenvalue weighted by Gasteiger charge is 2.27. The van der Waals surface area contributed by atoms with Gasteiger partial charge in [0.05, 0.1) is 14.5 Å². The first-order valence-electron chi connectivity index (χ1n) is 9.36. The summed E-state index contributed by atoms with van der Waals surface area (Å²) in [5, 5.41) is 21.0. The number of aromatic hydroxyl groups is 1. The van der Waals surface area contributed by atoms with Crippen LogP contribution in [-0.2, 0) is 0 Å². The van der Waals surface area contributed by atoms with Gasteiger partial charge in [-0.2, -0.15) is 0 Å². The monoisotopic (exact) mass is 686 g/mol. The van der Waals surface area contributed by atoms with Crippen LogP contribution in [0.25, 0.3) is 33.4 Å². The number of rotatable bonds is 3. The number of carboxylic acids is 1. The summed E-state index contributed by atoms with van der Waals surface area (Å²) in [5.41, 5.74) is 2.57. The van der Waals surface area contributed by atoms with Gasteiger partial charge in [0.1, 0.15) is 14.7 Å². The minimum atomic E-state index is -1.07. The molecule has 164 valence electrons. The van der Waals surface area contributed by atoms with Crippen LogP contribution in [-0.4, -0.2) is 16.2 Å². The van der Waals surface area contributed by atoms with E-state index >= 15 is 0 Å². The molecule has 1 heterocycles. The molecule has 4 rings (SSSR count). The summed E-state index contributed by atoms with van der Waals surface area (Å²) in [6, 6.07) is 8.63. The summed E-state index contributed by atoms with van der Waals surface area (Å²) in [6.07, 6.45) is 0. The topological polar surface area (TPSA) is 87.7 Å². The van der Waals surface area contributed by atoms with Gasteiger partial charge in [0.15, 0.2) is 11.3 Å². The molecule has 2 N–H and O–H groups in total. The standard InChI is InChI=1S/C23H14Br4O5/c1-8(2)9-3-4-10(11(5-9)23(30)31)16-12-6-14(24)19(28)17(26)21(12)32-22-13(16)7-15(25)20(29)18(22)27/h3-8,28H,1-2H3,(H,30,31). The Morgan fingerprint density at radius 3 is 2.28 bits per heavy atom. The van der Waals surface area contributed by atoms with Crippen molar-refractivity contribution in [1.82, 2.24) is 0 Å². The van der Waals surface area contributed by atoms with E-state index in [-0.39, 0.29) is 42.9 Å². The highest BCUT2D eigenvalue weighted by Crippen LogP contribution is 2.49. The summed E-state index contributed by atoms with van der Waals surface area (Å²) in [4.78, 5) is 24.8. The first-order valence-corrected chi connectivity index (χ1v) is 12.5. The zero-order valence-corrected chi connectivity index (χ0v) is 22.9. The van der Waals surface area contributed by atoms with Crippen molar-refractivity contribution in [3.63, 3.8) is 0 Å². The van der Waals surface area contributed by atoms with Gasteiger partial charge < -0.3 is 14.6 Å². The molecule has 5 nitrogen and oxygen atoms in total. The van der Waals surface area contributed by atoms with E-state index in [0.717, 1.165) is 5.56 Å². The first kappa shape index (κ1) is 23.5. The third-order valence-electron chi connectivity index (χ3n) is 5.23. The molecule has 1 aliphatic carbocycles. The summed E-state index contributed by atoms with van der Waals surface area (Å²) >= 11 is 13.3. The van der Waals surface area contributed by atoms with Crippen molar-refractivity contribution >= 4 is 80.7 Å². The van der Waals surface area contributed by atoms with Crippen molar-refractivity contribution in [2.24, 2.45) is 0 Å². The van der Waals surface area contributed by atoms with E-state index in [1.807, 2.05) is 19.9 Å². The van der Waals surface area contributed by atoms with Crippen molar-refractivity contribution in [3.05, 3.63) is 69.6 Å². The average molecular weight is 690 g/mol. The fraction of sp³-hybridized carbons (Fsp3) is 0.130. The maximum Gasteiger partial charge on any atom is 0.336 e. The van der Waals surface area contributed by atoms with Crippen LogP contribution in [0.3, 0.4) is 0 Å². The van der Waals surface area contributed by atoms with Gasteiger partial charge in [-0.05, 0) is 99.0 Å². The van der Waals surface area contributed by atoms with E-state index in [9.17, 15) is 19.8 Å². The van der Waals surface area contributed by atoms with E-state index in [4.69, 9.17) is 4.42 Å². The molecule has 0 fully saturated rings. The van der Waals surface area contributed by atoms with Crippen LogP contribution in [0.15, 0.2) is 57.4 Å². The van der Waals surface area contributed by atoms with Crippen molar-refractivity contribution in [3.8, 4) is 28.2 Å². The molecule has 0 saturated carbocycles. The van der Waals surface area contributed by atoms with Gasteiger partial charge in [-0.3, -0.25) is 4.79 Å². The molecule has 2 aromatic rings. The average Bonchev–Trinajstić information content (AvgIpc) is 2.75. The van der Waals surface area contributed by atoms with Gasteiger partial charge in [-0.15, -0.1) is 0 Å². The molecule has 0 bridgehead atoms. The fourth-order valence-corrected chi connectivity index (χ4v) is 6.00. The molecular weight excluding hydrogens is 676 g/mol. The minimum Gasteiger partial charge on any atom is -0.505 e. The van der Waals surface area contributed by atoms with Crippen LogP contribution in [0.4, 0.5) is 0 Å². The first-order chi connectivity index (χ1) is 15.0. The predicted molar refractivity (Wildman–Crippen MR) is 138 cm³/mol. The lowest BCUT2D eigenvalue weighted by atomic mass is 9.88. The third kappa shape index (κ3) is 3.73. The number of phenols is 1. The Morgan fingerprint density at radius 2 is 1.66 bits per heavy atom. The number of halogens is 4. The zero-order valence-electron chi connectivity index (χ0n) is 16.6. The third-order valence-corrected chi connectivity index (χ3v) is 7.88. The highest BCUT2D eigenvalue weighted by molar-refractivity contribution is 9.11. The maximum atomic E-state index is 12.6. The Balaban J connectivity index is 2.29. The molecule has 0 saturated heterocycles. The summed E-state index contributed by atoms with van der Waals surface area (Å²) in [7, 11) is 0. The van der Waals surface area contributed by atoms with Crippen molar-refractivity contribution in [2.75, 3.05) is 0 Å². The number of carbonyl (C=O) groups is 1. The van der Waals surface area contributed by atoms with E-state index < -0.39 is 5.97 Å². The van der Waals surface area contributed by atoms with Gasteiger partial charge in [0, 0.05) is 16.5 Å². The Bertz CT molecular complexity index is 1460. The lowest BCUT2D eigenvalue weighted by Crippen LogP contribution is -2.08. The molecule has 32 heavy (non-hydrogen) atoms. The van der Waals surface area contributed by atoms with Crippen molar-refractivity contribution < 1.29 is 19.4 Å². The highest BCUT2D eigenvalue weighted by atomic mass is 79.9. The van der Waals surface area contributed by atoms with Gasteiger partial charge in [0.2, 0.25) is 5.43 Å². The van der Waals surface area contributed by atoms with Crippen LogP contribution < -0.4 is 5.43 Å². The number of aromatic carboxylic acids is 1. The number of phenolic OH excluding ortho intramolecular Hbond substituents is 1. The summed E-state index contributed by atoms with van der Waals surface area (Å²) in [6.45, 7) is 3.99. The van der Waals surface area contributed by atoms with E-state index in [1.54, 1.807) is 24.3 Å². The number of hydrogen-bond donors (Lipinski definition) is 2. The number of carboxylic acid groups (broad SMARTS) is 1. The molecule has 1 aliphatic heterocycles. The normalized spacial score (nSPS) is 11.6. The van der Waals surface area contributed by atoms with E-state index in [0.29, 0.717) is 31.0 Å². The van der Waals surface area contributed by atoms with E-state index in [2.05, 4.69) is 63.7 Å². The number of fused-ring (bicyclic) bond motifs is 2. The molecule has 2 aliphatic rings. The lowest BCUT2D eigenvalue weighted by molar-refractivity contribution is 0.0697. The largest absolute Gasteiger partial charge is 0.505 e. The molecule has 0 aromatic heterocycles. The molecule has 2 aromatic carbocycles. The molecule has 0 unspecified atom stereocenters. The van der Waals surface area contributed by atoms with Gasteiger partial charge >= 0.3 is 5.97 Å². The Kier molecular flexibility index (Phi) is 6.30. The molecular formula is C23H14Br4O5. The lowest BCUT2D eigenvalue weighted by Gasteiger charge is -2.20. The summed E-state index contributed by atoms with van der Waals surface area (Å²) in [5.74, 6) is -0.754.